The fourth-order valence-corrected chi connectivity index (χ4v) is 5.76. The van der Waals surface area contributed by atoms with Gasteiger partial charge in [0.2, 0.25) is 5.91 Å². The highest BCUT2D eigenvalue weighted by atomic mass is 35.5. The zero-order valence-electron chi connectivity index (χ0n) is 15.2. The van der Waals surface area contributed by atoms with E-state index in [1.165, 1.54) is 32.1 Å². The van der Waals surface area contributed by atoms with Gasteiger partial charge in [-0.25, -0.2) is 0 Å². The van der Waals surface area contributed by atoms with E-state index in [0.29, 0.717) is 17.9 Å². The van der Waals surface area contributed by atoms with Gasteiger partial charge < -0.3 is 10.6 Å². The second-order valence-corrected chi connectivity index (χ2v) is 8.93. The molecule has 0 unspecified atom stereocenters. The van der Waals surface area contributed by atoms with Gasteiger partial charge in [0.05, 0.1) is 22.3 Å². The van der Waals surface area contributed by atoms with E-state index in [0.717, 1.165) is 30.0 Å². The minimum atomic E-state index is -4.48. The summed E-state index contributed by atoms with van der Waals surface area (Å²) in [5.74, 6) is 2.57. The Hall–Kier alpha value is -1.27. The predicted molar refractivity (Wildman–Crippen MR) is 98.5 cm³/mol. The van der Waals surface area contributed by atoms with Crippen LogP contribution < -0.4 is 10.6 Å². The molecule has 4 bridgehead atoms. The first-order chi connectivity index (χ1) is 12.7. The Bertz CT molecular complexity index is 708. The van der Waals surface area contributed by atoms with Gasteiger partial charge in [0.25, 0.3) is 0 Å². The third kappa shape index (κ3) is 3.83. The summed E-state index contributed by atoms with van der Waals surface area (Å²) in [5.41, 5.74) is -0.834. The molecule has 5 rings (SSSR count). The first-order valence-electron chi connectivity index (χ1n) is 9.64. The van der Waals surface area contributed by atoms with Crippen molar-refractivity contribution in [3.05, 3.63) is 28.8 Å². The van der Waals surface area contributed by atoms with E-state index < -0.39 is 17.8 Å². The Balaban J connectivity index is 1.41. The lowest BCUT2D eigenvalue weighted by Crippen LogP contribution is -2.58. The second-order valence-electron chi connectivity index (χ2n) is 8.53. The SMILES string of the molecule is C[C@H](NC1C2CC3CC(C2)CC1C3)C(=O)Nc1cc(C(F)(F)F)ccc1Cl. The maximum Gasteiger partial charge on any atom is 0.416 e. The summed E-state index contributed by atoms with van der Waals surface area (Å²) in [6, 6.07) is 2.80. The predicted octanol–water partition coefficient (Wildman–Crippen LogP) is 5.10. The number of hydrogen-bond donors (Lipinski definition) is 2. The Morgan fingerprint density at radius 1 is 1.11 bits per heavy atom. The molecular weight excluding hydrogens is 377 g/mol. The van der Waals surface area contributed by atoms with E-state index in [4.69, 9.17) is 11.6 Å². The summed E-state index contributed by atoms with van der Waals surface area (Å²) >= 11 is 5.98. The van der Waals surface area contributed by atoms with Gasteiger partial charge >= 0.3 is 6.18 Å². The molecule has 1 amide bonds. The highest BCUT2D eigenvalue weighted by Gasteiger charge is 2.48. The van der Waals surface area contributed by atoms with Crippen LogP contribution in [0.2, 0.25) is 5.02 Å². The molecular formula is C20H24ClF3N2O. The number of anilines is 1. The molecule has 4 aliphatic carbocycles. The van der Waals surface area contributed by atoms with E-state index in [2.05, 4.69) is 10.6 Å². The van der Waals surface area contributed by atoms with Crippen molar-refractivity contribution in [2.45, 2.75) is 57.3 Å². The van der Waals surface area contributed by atoms with Crippen LogP contribution in [0, 0.1) is 23.7 Å². The quantitative estimate of drug-likeness (QED) is 0.738. The number of benzene rings is 1. The number of alkyl halides is 3. The standard InChI is InChI=1S/C20H24ClF3N2O/c1-10(25-18-13-5-11-4-12(7-13)8-14(18)6-11)19(27)26-17-9-15(20(22,23)24)2-3-16(17)21/h2-3,9-14,18,25H,4-8H2,1H3,(H,26,27)/t10-,11?,12?,13?,14?,18?/m0/s1. The zero-order valence-corrected chi connectivity index (χ0v) is 15.9. The van der Waals surface area contributed by atoms with Crippen molar-refractivity contribution in [2.75, 3.05) is 5.32 Å². The maximum absolute atomic E-state index is 12.9. The number of carbonyl (C=O) groups is 1. The number of halogens is 4. The maximum atomic E-state index is 12.9. The van der Waals surface area contributed by atoms with Crippen molar-refractivity contribution < 1.29 is 18.0 Å². The molecule has 0 spiro atoms. The van der Waals surface area contributed by atoms with Crippen LogP contribution in [-0.4, -0.2) is 18.0 Å². The van der Waals surface area contributed by atoms with E-state index in [9.17, 15) is 18.0 Å². The Kier molecular flexibility index (Phi) is 4.91. The monoisotopic (exact) mass is 400 g/mol. The topological polar surface area (TPSA) is 41.1 Å². The molecule has 0 saturated heterocycles. The molecule has 148 valence electrons. The van der Waals surface area contributed by atoms with Gasteiger partial charge in [-0.2, -0.15) is 13.2 Å². The van der Waals surface area contributed by atoms with Crippen LogP contribution in [-0.2, 0) is 11.0 Å². The van der Waals surface area contributed by atoms with Gasteiger partial charge in [-0.3, -0.25) is 4.79 Å². The van der Waals surface area contributed by atoms with Crippen molar-refractivity contribution in [3.8, 4) is 0 Å². The van der Waals surface area contributed by atoms with Gasteiger partial charge in [0, 0.05) is 6.04 Å². The Morgan fingerprint density at radius 2 is 1.70 bits per heavy atom. The fraction of sp³-hybridized carbons (Fsp3) is 0.650. The van der Waals surface area contributed by atoms with Gasteiger partial charge in [-0.05, 0) is 80.9 Å². The summed E-state index contributed by atoms with van der Waals surface area (Å²) in [6.45, 7) is 1.77. The lowest BCUT2D eigenvalue weighted by Gasteiger charge is -2.55. The second kappa shape index (κ2) is 6.96. The van der Waals surface area contributed by atoms with Crippen LogP contribution >= 0.6 is 11.6 Å². The number of hydrogen-bond acceptors (Lipinski definition) is 2. The van der Waals surface area contributed by atoms with Crippen molar-refractivity contribution in [1.82, 2.24) is 5.32 Å². The van der Waals surface area contributed by atoms with Crippen molar-refractivity contribution in [3.63, 3.8) is 0 Å². The number of nitrogens with one attached hydrogen (secondary N) is 2. The van der Waals surface area contributed by atoms with Gasteiger partial charge in [0.1, 0.15) is 0 Å². The summed E-state index contributed by atoms with van der Waals surface area (Å²) in [7, 11) is 0. The molecule has 3 nitrogen and oxygen atoms in total. The van der Waals surface area contributed by atoms with Crippen LogP contribution in [0.5, 0.6) is 0 Å². The molecule has 0 heterocycles. The van der Waals surface area contributed by atoms with E-state index in [1.807, 2.05) is 0 Å². The normalized spacial score (nSPS) is 33.1. The zero-order chi connectivity index (χ0) is 19.3. The minimum absolute atomic E-state index is 0.00442. The fourth-order valence-electron chi connectivity index (χ4n) is 5.60. The summed E-state index contributed by atoms with van der Waals surface area (Å²) in [5, 5.41) is 6.13. The molecule has 4 fully saturated rings. The van der Waals surface area contributed by atoms with E-state index >= 15 is 0 Å². The lowest BCUT2D eigenvalue weighted by atomic mass is 9.54. The van der Waals surface area contributed by atoms with Crippen molar-refractivity contribution in [1.29, 1.82) is 0 Å². The van der Waals surface area contributed by atoms with E-state index in [-0.39, 0.29) is 16.6 Å². The van der Waals surface area contributed by atoms with Gasteiger partial charge in [-0.15, -0.1) is 0 Å². The van der Waals surface area contributed by atoms with E-state index in [1.54, 1.807) is 6.92 Å². The number of amides is 1. The highest BCUT2D eigenvalue weighted by molar-refractivity contribution is 6.33. The molecule has 1 atom stereocenters. The molecule has 2 N–H and O–H groups in total. The van der Waals surface area contributed by atoms with Crippen LogP contribution in [0.3, 0.4) is 0 Å². The Labute approximate surface area is 162 Å². The molecule has 7 heteroatoms. The third-order valence-electron chi connectivity index (χ3n) is 6.61. The summed E-state index contributed by atoms with van der Waals surface area (Å²) in [6.07, 6.45) is 1.83. The highest BCUT2D eigenvalue weighted by Crippen LogP contribution is 2.53. The first kappa shape index (κ1) is 19.1. The molecule has 0 aliphatic heterocycles. The summed E-state index contributed by atoms with van der Waals surface area (Å²) in [4.78, 5) is 12.6. The van der Waals surface area contributed by atoms with Gasteiger partial charge in [0.15, 0.2) is 0 Å². The Morgan fingerprint density at radius 3 is 2.26 bits per heavy atom. The third-order valence-corrected chi connectivity index (χ3v) is 6.94. The smallest absolute Gasteiger partial charge is 0.323 e. The van der Waals surface area contributed by atoms with Crippen LogP contribution in [0.15, 0.2) is 18.2 Å². The van der Waals surface area contributed by atoms with Gasteiger partial charge in [-0.1, -0.05) is 11.6 Å². The minimum Gasteiger partial charge on any atom is -0.323 e. The molecule has 4 aliphatic rings. The first-order valence-corrected chi connectivity index (χ1v) is 10.0. The lowest BCUT2D eigenvalue weighted by molar-refractivity contribution is -0.137. The molecule has 0 radical (unpaired) electrons. The number of rotatable bonds is 4. The van der Waals surface area contributed by atoms with Crippen LogP contribution in [0.4, 0.5) is 18.9 Å². The average Bonchev–Trinajstić information content (AvgIpc) is 2.58. The van der Waals surface area contributed by atoms with Crippen LogP contribution in [0.25, 0.3) is 0 Å². The summed E-state index contributed by atoms with van der Waals surface area (Å²) < 4.78 is 38.7. The molecule has 27 heavy (non-hydrogen) atoms. The van der Waals surface area contributed by atoms with Crippen LogP contribution in [0.1, 0.15) is 44.6 Å². The van der Waals surface area contributed by atoms with Crippen molar-refractivity contribution >= 4 is 23.2 Å². The molecule has 1 aromatic rings. The molecule has 1 aromatic carbocycles. The number of carbonyl (C=O) groups excluding carboxylic acids is 1. The largest absolute Gasteiger partial charge is 0.416 e. The average molecular weight is 401 g/mol. The van der Waals surface area contributed by atoms with Crippen molar-refractivity contribution in [2.24, 2.45) is 23.7 Å². The molecule has 0 aromatic heterocycles. The molecule has 4 saturated carbocycles.